The van der Waals surface area contributed by atoms with E-state index in [1.807, 2.05) is 6.92 Å². The molecule has 0 aliphatic carbocycles. The highest BCUT2D eigenvalue weighted by molar-refractivity contribution is 6.31. The zero-order chi connectivity index (χ0) is 27.1. The zero-order valence-electron chi connectivity index (χ0n) is 21.0. The topological polar surface area (TPSA) is 64.1 Å². The second kappa shape index (κ2) is 12.2. The van der Waals surface area contributed by atoms with Crippen LogP contribution in [0.25, 0.3) is 0 Å². The predicted molar refractivity (Wildman–Crippen MR) is 136 cm³/mol. The van der Waals surface area contributed by atoms with Gasteiger partial charge in [-0.1, -0.05) is 48.0 Å². The Balaban J connectivity index is 2.22. The van der Waals surface area contributed by atoms with E-state index in [0.717, 1.165) is 18.0 Å². The van der Waals surface area contributed by atoms with Gasteiger partial charge < -0.3 is 10.1 Å². The van der Waals surface area contributed by atoms with Crippen molar-refractivity contribution in [1.29, 1.82) is 0 Å². The van der Waals surface area contributed by atoms with E-state index in [1.54, 1.807) is 37.3 Å². The lowest BCUT2D eigenvalue weighted by molar-refractivity contribution is -0.135. The molecule has 0 bridgehead atoms. The van der Waals surface area contributed by atoms with Crippen LogP contribution in [0.1, 0.15) is 58.2 Å². The normalized spacial score (nSPS) is 14.4. The van der Waals surface area contributed by atoms with Crippen molar-refractivity contribution >= 4 is 17.5 Å². The van der Waals surface area contributed by atoms with Gasteiger partial charge in [0.1, 0.15) is 17.8 Å². The third-order valence-corrected chi connectivity index (χ3v) is 5.82. The number of aromatic nitrogens is 2. The van der Waals surface area contributed by atoms with Gasteiger partial charge >= 0.3 is 0 Å². The molecule has 5 nitrogen and oxygen atoms in total. The Hall–Kier alpha value is -3.13. The molecule has 0 aliphatic heterocycles. The molecular weight excluding hydrogens is 491 g/mol. The fourth-order valence-corrected chi connectivity index (χ4v) is 3.45. The maximum atomic E-state index is 14.0. The van der Waals surface area contributed by atoms with Gasteiger partial charge in [-0.2, -0.15) is 8.78 Å². The minimum atomic E-state index is -3.19. The summed E-state index contributed by atoms with van der Waals surface area (Å²) in [6.45, 7) is 11.4. The van der Waals surface area contributed by atoms with Crippen LogP contribution in [0.4, 0.5) is 13.2 Å². The Labute approximate surface area is 215 Å². The van der Waals surface area contributed by atoms with Crippen LogP contribution in [-0.4, -0.2) is 27.5 Å². The molecule has 2 unspecified atom stereocenters. The average Bonchev–Trinajstić information content (AvgIpc) is 2.80. The first-order valence-corrected chi connectivity index (χ1v) is 11.7. The summed E-state index contributed by atoms with van der Waals surface area (Å²) < 4.78 is 46.9. The number of alkyl halides is 2. The number of allylic oxidation sites excluding steroid dienone is 5. The molecule has 1 amide bonds. The van der Waals surface area contributed by atoms with Gasteiger partial charge in [0.15, 0.2) is 5.60 Å². The van der Waals surface area contributed by atoms with Crippen molar-refractivity contribution in [2.75, 3.05) is 0 Å². The molecular formula is C27H31ClF3N3O2. The second-order valence-corrected chi connectivity index (χ2v) is 9.47. The van der Waals surface area contributed by atoms with Crippen molar-refractivity contribution in [2.24, 2.45) is 0 Å². The minimum absolute atomic E-state index is 0.157. The van der Waals surface area contributed by atoms with Crippen LogP contribution in [0.15, 0.2) is 72.1 Å². The average molecular weight is 522 g/mol. The van der Waals surface area contributed by atoms with E-state index in [4.69, 9.17) is 16.3 Å². The van der Waals surface area contributed by atoms with Gasteiger partial charge in [-0.15, -0.1) is 0 Å². The quantitative estimate of drug-likeness (QED) is 0.330. The number of benzene rings is 1. The van der Waals surface area contributed by atoms with E-state index in [1.165, 1.54) is 26.0 Å². The number of halogens is 4. The molecule has 2 rings (SSSR count). The Morgan fingerprint density at radius 3 is 2.53 bits per heavy atom. The van der Waals surface area contributed by atoms with E-state index >= 15 is 0 Å². The molecule has 1 N–H and O–H groups in total. The van der Waals surface area contributed by atoms with E-state index in [2.05, 4.69) is 21.9 Å². The standard InChI is InChI=1S/C27H31ClF3N3O2/c1-7-20(28)12-11-17(2)13-22(19-9-8-10-21(29)14-19)18(3)34-25(35)26(4,5)36-24-15-23(27(6,30)31)32-16-33-24/h7-12,14-16,18,22H,2,13H2,1,3-6H3,(H,34,35)/b12-11-,20-7+. The molecule has 0 fully saturated rings. The Kier molecular flexibility index (Phi) is 9.87. The highest BCUT2D eigenvalue weighted by Gasteiger charge is 2.34. The van der Waals surface area contributed by atoms with Crippen molar-refractivity contribution in [3.05, 3.63) is 89.1 Å². The van der Waals surface area contributed by atoms with Crippen molar-refractivity contribution in [3.8, 4) is 5.88 Å². The molecule has 2 atom stereocenters. The number of hydrogen-bond donors (Lipinski definition) is 1. The predicted octanol–water partition coefficient (Wildman–Crippen LogP) is 6.82. The van der Waals surface area contributed by atoms with E-state index in [9.17, 15) is 18.0 Å². The number of hydrogen-bond acceptors (Lipinski definition) is 4. The van der Waals surface area contributed by atoms with Gasteiger partial charge in [0.2, 0.25) is 5.88 Å². The SMILES string of the molecule is C=C(/C=C\C(Cl)=C/C)CC(c1cccc(F)c1)C(C)NC(=O)C(C)(C)Oc1cc(C(C)(F)F)ncn1. The highest BCUT2D eigenvalue weighted by atomic mass is 35.5. The summed E-state index contributed by atoms with van der Waals surface area (Å²) in [4.78, 5) is 20.5. The highest BCUT2D eigenvalue weighted by Crippen LogP contribution is 2.30. The van der Waals surface area contributed by atoms with Crippen LogP contribution in [0, 0.1) is 5.82 Å². The third-order valence-electron chi connectivity index (χ3n) is 5.47. The maximum absolute atomic E-state index is 14.0. The van der Waals surface area contributed by atoms with Gasteiger partial charge in [0, 0.05) is 30.0 Å². The first-order chi connectivity index (χ1) is 16.7. The van der Waals surface area contributed by atoms with Gasteiger partial charge in [-0.05, 0) is 57.9 Å². The smallest absolute Gasteiger partial charge is 0.287 e. The lowest BCUT2D eigenvalue weighted by Gasteiger charge is -2.30. The summed E-state index contributed by atoms with van der Waals surface area (Å²) in [7, 11) is 0. The van der Waals surface area contributed by atoms with Gasteiger partial charge in [0.05, 0.1) is 0 Å². The number of ether oxygens (including phenoxy) is 1. The molecule has 0 spiro atoms. The van der Waals surface area contributed by atoms with Crippen LogP contribution in [0.2, 0.25) is 0 Å². The summed E-state index contributed by atoms with van der Waals surface area (Å²) in [5, 5.41) is 3.45. The summed E-state index contributed by atoms with van der Waals surface area (Å²) in [5.74, 6) is -4.57. The first-order valence-electron chi connectivity index (χ1n) is 11.4. The largest absolute Gasteiger partial charge is 0.461 e. The molecule has 1 aromatic carbocycles. The van der Waals surface area contributed by atoms with Crippen LogP contribution in [0.5, 0.6) is 5.88 Å². The van der Waals surface area contributed by atoms with Crippen molar-refractivity contribution < 1.29 is 22.7 Å². The summed E-state index contributed by atoms with van der Waals surface area (Å²) in [6.07, 6.45) is 6.59. The number of nitrogens with one attached hydrogen (secondary N) is 1. The van der Waals surface area contributed by atoms with Crippen LogP contribution in [0.3, 0.4) is 0 Å². The fourth-order valence-electron chi connectivity index (χ4n) is 3.39. The lowest BCUT2D eigenvalue weighted by atomic mass is 9.86. The maximum Gasteiger partial charge on any atom is 0.287 e. The van der Waals surface area contributed by atoms with Crippen LogP contribution < -0.4 is 10.1 Å². The second-order valence-electron chi connectivity index (χ2n) is 9.04. The van der Waals surface area contributed by atoms with Crippen molar-refractivity contribution in [3.63, 3.8) is 0 Å². The van der Waals surface area contributed by atoms with Crippen LogP contribution in [-0.2, 0) is 10.7 Å². The van der Waals surface area contributed by atoms with Gasteiger partial charge in [0.25, 0.3) is 11.8 Å². The molecule has 194 valence electrons. The molecule has 0 saturated heterocycles. The van der Waals surface area contributed by atoms with E-state index in [-0.39, 0.29) is 11.8 Å². The van der Waals surface area contributed by atoms with Gasteiger partial charge in [-0.25, -0.2) is 14.4 Å². The third kappa shape index (κ3) is 8.52. The number of carbonyl (C=O) groups is 1. The molecule has 1 heterocycles. The first kappa shape index (κ1) is 29.1. The fraction of sp³-hybridized carbons (Fsp3) is 0.370. The molecule has 1 aromatic heterocycles. The number of carbonyl (C=O) groups excluding carboxylic acids is 1. The Morgan fingerprint density at radius 2 is 1.92 bits per heavy atom. The molecule has 0 saturated carbocycles. The molecule has 2 aromatic rings. The lowest BCUT2D eigenvalue weighted by Crippen LogP contribution is -2.50. The molecule has 0 aliphatic rings. The number of nitrogens with zero attached hydrogens (tertiary/aromatic N) is 2. The molecule has 0 radical (unpaired) electrons. The monoisotopic (exact) mass is 521 g/mol. The van der Waals surface area contributed by atoms with E-state index in [0.29, 0.717) is 23.9 Å². The summed E-state index contributed by atoms with van der Waals surface area (Å²) >= 11 is 6.03. The molecule has 36 heavy (non-hydrogen) atoms. The molecule has 9 heteroatoms. The van der Waals surface area contributed by atoms with Crippen molar-refractivity contribution in [2.45, 2.75) is 64.5 Å². The van der Waals surface area contributed by atoms with Crippen molar-refractivity contribution in [1.82, 2.24) is 15.3 Å². The van der Waals surface area contributed by atoms with Crippen LogP contribution >= 0.6 is 11.6 Å². The van der Waals surface area contributed by atoms with E-state index < -0.39 is 35.0 Å². The minimum Gasteiger partial charge on any atom is -0.461 e. The summed E-state index contributed by atoms with van der Waals surface area (Å²) in [5.41, 5.74) is -0.562. The number of amides is 1. The Morgan fingerprint density at radius 1 is 1.22 bits per heavy atom. The Bertz CT molecular complexity index is 1140. The summed E-state index contributed by atoms with van der Waals surface area (Å²) in [6, 6.07) is 6.67. The van der Waals surface area contributed by atoms with Gasteiger partial charge in [-0.3, -0.25) is 4.79 Å². The zero-order valence-corrected chi connectivity index (χ0v) is 21.7. The number of rotatable bonds is 11.